The zero-order valence-electron chi connectivity index (χ0n) is 38.1. The Bertz CT molecular complexity index is 3160. The van der Waals surface area contributed by atoms with Gasteiger partial charge < -0.3 is 0 Å². The van der Waals surface area contributed by atoms with Crippen LogP contribution >= 0.6 is 0 Å². The molecule has 0 heteroatoms. The molecule has 3 atom stereocenters. The van der Waals surface area contributed by atoms with Crippen molar-refractivity contribution in [3.8, 4) is 22.3 Å². The highest BCUT2D eigenvalue weighted by Crippen LogP contribution is 2.61. The lowest BCUT2D eigenvalue weighted by Crippen LogP contribution is -2.18. The molecule has 0 N–H and O–H groups in total. The van der Waals surface area contributed by atoms with Gasteiger partial charge in [0.05, 0.1) is 0 Å². The molecule has 0 bridgehead atoms. The standard InChI is InChI=1S/C66H56/c1-4-49(51-21-9-5-10-22-51)41-43-65(3,58-25-13-7-14-26-58)42-19-20-48(2)50-33-37-54(38-34-50)61-29-17-32-64-62(30-18-31-63(61)64)55-39-35-53(36-40-55)56-44-57(52-23-11-6-12-24-52)46-66(47-60(66)45-56)59-27-15-8-16-28-59/h5-18,20-41,43-44,46,60H,1,19,42,45,47H2,2-3H3/t60?,65?,66-/m1/s1. The minimum Gasteiger partial charge on any atom is -0.120 e. The molecule has 1 fully saturated rings. The van der Waals surface area contributed by atoms with Crippen molar-refractivity contribution < 1.29 is 0 Å². The summed E-state index contributed by atoms with van der Waals surface area (Å²) in [6.45, 7) is 8.58. The highest BCUT2D eigenvalue weighted by Gasteiger charge is 2.54. The first-order valence-electron chi connectivity index (χ1n) is 23.6. The van der Waals surface area contributed by atoms with Gasteiger partial charge in [-0.05, 0) is 128 Å². The van der Waals surface area contributed by atoms with Gasteiger partial charge in [0.2, 0.25) is 0 Å². The lowest BCUT2D eigenvalue weighted by molar-refractivity contribution is 0.546. The van der Waals surface area contributed by atoms with Gasteiger partial charge in [0, 0.05) is 16.4 Å². The smallest absolute Gasteiger partial charge is 0.0227 e. The monoisotopic (exact) mass is 848 g/mol. The van der Waals surface area contributed by atoms with Gasteiger partial charge in [-0.2, -0.15) is 0 Å². The lowest BCUT2D eigenvalue weighted by atomic mass is 9.77. The van der Waals surface area contributed by atoms with Gasteiger partial charge in [0.1, 0.15) is 0 Å². The minimum absolute atomic E-state index is 0.0997. The molecule has 0 heterocycles. The Kier molecular flexibility index (Phi) is 11.9. The average Bonchev–Trinajstić information content (AvgIpc) is 4.12. The third-order valence-corrected chi connectivity index (χ3v) is 14.4. The highest BCUT2D eigenvalue weighted by atomic mass is 14.6. The molecule has 0 radical (unpaired) electrons. The molecular formula is C66H56. The van der Waals surface area contributed by atoms with E-state index in [1.54, 1.807) is 0 Å². The van der Waals surface area contributed by atoms with Crippen LogP contribution in [0.5, 0.6) is 0 Å². The fourth-order valence-corrected chi connectivity index (χ4v) is 10.4. The summed E-state index contributed by atoms with van der Waals surface area (Å²) in [6, 6.07) is 75.3. The van der Waals surface area contributed by atoms with Crippen LogP contribution in [0.3, 0.4) is 0 Å². The second-order valence-electron chi connectivity index (χ2n) is 18.5. The molecule has 0 spiro atoms. The number of fused-ring (bicyclic) bond motifs is 2. The van der Waals surface area contributed by atoms with Crippen LogP contribution in [-0.4, -0.2) is 0 Å². The van der Waals surface area contributed by atoms with Gasteiger partial charge >= 0.3 is 0 Å². The zero-order valence-corrected chi connectivity index (χ0v) is 38.1. The first-order chi connectivity index (χ1) is 32.4. The molecule has 0 nitrogen and oxygen atoms in total. The molecule has 2 aliphatic rings. The Morgan fingerprint density at radius 1 is 0.606 bits per heavy atom. The van der Waals surface area contributed by atoms with Crippen LogP contribution in [0.2, 0.25) is 0 Å². The van der Waals surface area contributed by atoms with Crippen LogP contribution in [0, 0.1) is 5.92 Å². The van der Waals surface area contributed by atoms with Crippen LogP contribution in [-0.2, 0) is 10.8 Å². The van der Waals surface area contributed by atoms with E-state index in [9.17, 15) is 0 Å². The molecular weight excluding hydrogens is 793 g/mol. The number of hydrogen-bond acceptors (Lipinski definition) is 0. The molecule has 0 saturated heterocycles. The molecule has 2 aliphatic carbocycles. The summed E-state index contributed by atoms with van der Waals surface area (Å²) < 4.78 is 0. The number of hydrogen-bond donors (Lipinski definition) is 0. The van der Waals surface area contributed by atoms with Crippen LogP contribution < -0.4 is 0 Å². The van der Waals surface area contributed by atoms with E-state index in [4.69, 9.17) is 0 Å². The zero-order chi connectivity index (χ0) is 44.9. The fourth-order valence-electron chi connectivity index (χ4n) is 10.4. The van der Waals surface area contributed by atoms with Crippen molar-refractivity contribution in [3.63, 3.8) is 0 Å². The number of benzene rings is 8. The summed E-state index contributed by atoms with van der Waals surface area (Å²) in [5.74, 6) is 0.599. The largest absolute Gasteiger partial charge is 0.120 e. The van der Waals surface area contributed by atoms with Gasteiger partial charge in [0.15, 0.2) is 0 Å². The second-order valence-corrected chi connectivity index (χ2v) is 18.5. The SMILES string of the molecule is C=C=C(C=CC(C)(CCC=C(C)c1ccc(-c2cccc3c(-c4ccc(C5=CC(c6ccccc6)=C[C@]6(c7ccccc7)CC6C5)cc4)cccc23)cc1)c1ccccc1)c1ccccc1. The Balaban J connectivity index is 0.869. The van der Waals surface area contributed by atoms with Crippen molar-refractivity contribution in [2.75, 3.05) is 0 Å². The van der Waals surface area contributed by atoms with Crippen molar-refractivity contribution >= 4 is 33.1 Å². The van der Waals surface area contributed by atoms with Crippen LogP contribution in [0.15, 0.2) is 249 Å². The Hall–Kier alpha value is -7.50. The molecule has 66 heavy (non-hydrogen) atoms. The van der Waals surface area contributed by atoms with E-state index in [-0.39, 0.29) is 10.8 Å². The minimum atomic E-state index is -0.155. The maximum atomic E-state index is 4.00. The van der Waals surface area contributed by atoms with E-state index in [1.165, 1.54) is 84.0 Å². The number of allylic oxidation sites excluding steroid dienone is 9. The van der Waals surface area contributed by atoms with Crippen molar-refractivity contribution in [2.24, 2.45) is 5.92 Å². The summed E-state index contributed by atoms with van der Waals surface area (Å²) in [6.07, 6.45) is 16.1. The Morgan fingerprint density at radius 3 is 1.79 bits per heavy atom. The maximum Gasteiger partial charge on any atom is 0.0227 e. The summed E-state index contributed by atoms with van der Waals surface area (Å²) >= 11 is 0. The summed E-state index contributed by atoms with van der Waals surface area (Å²) in [5, 5.41) is 2.54. The van der Waals surface area contributed by atoms with E-state index >= 15 is 0 Å². The Morgan fingerprint density at radius 2 is 1.17 bits per heavy atom. The lowest BCUT2D eigenvalue weighted by Gasteiger charge is -2.27. The predicted molar refractivity (Wildman–Crippen MR) is 283 cm³/mol. The molecule has 320 valence electrons. The highest BCUT2D eigenvalue weighted by molar-refractivity contribution is 6.04. The van der Waals surface area contributed by atoms with E-state index in [0.717, 1.165) is 30.4 Å². The van der Waals surface area contributed by atoms with Gasteiger partial charge in [-0.1, -0.05) is 244 Å². The van der Waals surface area contributed by atoms with Crippen LogP contribution in [0.4, 0.5) is 0 Å². The molecule has 0 aliphatic heterocycles. The van der Waals surface area contributed by atoms with E-state index in [1.807, 2.05) is 6.07 Å². The average molecular weight is 849 g/mol. The Labute approximate surface area is 392 Å². The summed E-state index contributed by atoms with van der Waals surface area (Å²) in [5.41, 5.74) is 20.8. The van der Waals surface area contributed by atoms with Crippen molar-refractivity contribution in [1.29, 1.82) is 0 Å². The third kappa shape index (κ3) is 8.69. The maximum absolute atomic E-state index is 4.00. The van der Waals surface area contributed by atoms with Crippen molar-refractivity contribution in [2.45, 2.75) is 50.4 Å². The molecule has 0 aromatic heterocycles. The number of rotatable bonds is 13. The molecule has 8 aromatic carbocycles. The normalized spacial score (nSPS) is 17.8. The van der Waals surface area contributed by atoms with Gasteiger partial charge in [-0.25, -0.2) is 0 Å². The van der Waals surface area contributed by atoms with E-state index in [2.05, 4.69) is 257 Å². The van der Waals surface area contributed by atoms with E-state index < -0.39 is 0 Å². The first kappa shape index (κ1) is 42.5. The topological polar surface area (TPSA) is 0 Å². The molecule has 10 rings (SSSR count). The van der Waals surface area contributed by atoms with Gasteiger partial charge in [-0.3, -0.25) is 0 Å². The van der Waals surface area contributed by atoms with Crippen molar-refractivity contribution in [3.05, 3.63) is 282 Å². The van der Waals surface area contributed by atoms with Crippen molar-refractivity contribution in [1.82, 2.24) is 0 Å². The molecule has 0 amide bonds. The fraction of sp³-hybridized carbons (Fsp3) is 0.136. The quantitative estimate of drug-likeness (QED) is 0.0801. The van der Waals surface area contributed by atoms with Gasteiger partial charge in [0.25, 0.3) is 0 Å². The summed E-state index contributed by atoms with van der Waals surface area (Å²) in [7, 11) is 0. The van der Waals surface area contributed by atoms with Gasteiger partial charge in [-0.15, -0.1) is 5.73 Å². The van der Waals surface area contributed by atoms with Crippen LogP contribution in [0.25, 0.3) is 55.3 Å². The van der Waals surface area contributed by atoms with E-state index in [0.29, 0.717) is 5.92 Å². The first-order valence-corrected chi connectivity index (χ1v) is 23.6. The predicted octanol–water partition coefficient (Wildman–Crippen LogP) is 17.6. The second kappa shape index (κ2) is 18.5. The molecule has 8 aromatic rings. The summed E-state index contributed by atoms with van der Waals surface area (Å²) in [4.78, 5) is 0. The molecule has 2 unspecified atom stereocenters. The third-order valence-electron chi connectivity index (χ3n) is 14.4. The van der Waals surface area contributed by atoms with Crippen LogP contribution in [0.1, 0.15) is 72.9 Å². The molecule has 1 saturated carbocycles.